The lowest BCUT2D eigenvalue weighted by atomic mass is 9.68. The van der Waals surface area contributed by atoms with Crippen molar-refractivity contribution in [1.82, 2.24) is 4.90 Å². The van der Waals surface area contributed by atoms with Crippen LogP contribution in [0.15, 0.2) is 46.8 Å². The fourth-order valence-corrected chi connectivity index (χ4v) is 4.89. The molecule has 1 aromatic rings. The number of hydrogen-bond acceptors (Lipinski definition) is 4. The summed E-state index contributed by atoms with van der Waals surface area (Å²) in [7, 11) is 1.41. The Morgan fingerprint density at radius 1 is 1.19 bits per heavy atom. The molecule has 0 radical (unpaired) electrons. The monoisotopic (exact) mass is 385 g/mol. The Morgan fingerprint density at radius 3 is 2.56 bits per heavy atom. The summed E-state index contributed by atoms with van der Waals surface area (Å²) in [6.07, 6.45) is 3.15. The number of Topliss-reactive ketones (excluding diaryl/α,β-unsaturated/α-hetero) is 1. The highest BCUT2D eigenvalue weighted by Crippen LogP contribution is 2.52. The van der Waals surface area contributed by atoms with E-state index in [0.717, 1.165) is 48.3 Å². The Bertz CT molecular complexity index is 879. The fraction of sp³-hybridized carbons (Fsp3) is 0.455. The molecule has 4 rings (SSSR count). The zero-order valence-electron chi connectivity index (χ0n) is 16.0. The summed E-state index contributed by atoms with van der Waals surface area (Å²) in [5.74, 6) is -0.591. The number of nitrogens with zero attached hydrogens (tertiary/aromatic N) is 1. The summed E-state index contributed by atoms with van der Waals surface area (Å²) in [6, 6.07) is 7.46. The van der Waals surface area contributed by atoms with Crippen molar-refractivity contribution in [3.63, 3.8) is 0 Å². The first kappa shape index (κ1) is 18.3. The molecule has 142 valence electrons. The van der Waals surface area contributed by atoms with Gasteiger partial charge in [0.1, 0.15) is 0 Å². The maximum atomic E-state index is 13.3. The van der Waals surface area contributed by atoms with Crippen LogP contribution in [0, 0.1) is 5.41 Å². The second kappa shape index (κ2) is 6.52. The lowest BCUT2D eigenvalue weighted by Gasteiger charge is -2.43. The van der Waals surface area contributed by atoms with E-state index in [1.165, 1.54) is 7.11 Å². The highest BCUT2D eigenvalue weighted by atomic mass is 35.5. The van der Waals surface area contributed by atoms with Gasteiger partial charge in [0, 0.05) is 40.9 Å². The summed E-state index contributed by atoms with van der Waals surface area (Å²) in [4.78, 5) is 28.3. The SMILES string of the molecule is COC(=O)C1=C2CCCN2C2=C(C(=O)CC(C)(C)C2)C1c1ccc(Cl)cc1. The van der Waals surface area contributed by atoms with Crippen molar-refractivity contribution in [3.05, 3.63) is 57.4 Å². The maximum absolute atomic E-state index is 13.3. The quantitative estimate of drug-likeness (QED) is 0.698. The first-order valence-corrected chi connectivity index (χ1v) is 9.81. The number of ketones is 1. The summed E-state index contributed by atoms with van der Waals surface area (Å²) in [5, 5.41) is 0.634. The molecule has 0 amide bonds. The minimum Gasteiger partial charge on any atom is -0.466 e. The Labute approximate surface area is 164 Å². The van der Waals surface area contributed by atoms with E-state index in [1.54, 1.807) is 0 Å². The van der Waals surface area contributed by atoms with Crippen LogP contribution in [0.25, 0.3) is 0 Å². The second-order valence-electron chi connectivity index (χ2n) is 8.39. The van der Waals surface area contributed by atoms with Crippen molar-refractivity contribution < 1.29 is 14.3 Å². The molecule has 27 heavy (non-hydrogen) atoms. The summed E-state index contributed by atoms with van der Waals surface area (Å²) in [6.45, 7) is 5.13. The molecule has 1 unspecified atom stereocenters. The van der Waals surface area contributed by atoms with Gasteiger partial charge in [-0.15, -0.1) is 0 Å². The van der Waals surface area contributed by atoms with Crippen LogP contribution < -0.4 is 0 Å². The van der Waals surface area contributed by atoms with Gasteiger partial charge in [-0.05, 0) is 42.4 Å². The number of esters is 1. The number of rotatable bonds is 2. The topological polar surface area (TPSA) is 46.6 Å². The van der Waals surface area contributed by atoms with Crippen LogP contribution in [0.2, 0.25) is 5.02 Å². The highest BCUT2D eigenvalue weighted by Gasteiger charge is 2.47. The predicted octanol–water partition coefficient (Wildman–Crippen LogP) is 4.60. The van der Waals surface area contributed by atoms with E-state index >= 15 is 0 Å². The Hall–Kier alpha value is -2.07. The van der Waals surface area contributed by atoms with Crippen LogP contribution >= 0.6 is 11.6 Å². The first-order chi connectivity index (χ1) is 12.8. The molecule has 1 fully saturated rings. The van der Waals surface area contributed by atoms with Crippen LogP contribution in [0.3, 0.4) is 0 Å². The van der Waals surface area contributed by atoms with Crippen molar-refractivity contribution in [2.75, 3.05) is 13.7 Å². The van der Waals surface area contributed by atoms with E-state index in [-0.39, 0.29) is 23.1 Å². The number of halogens is 1. The average Bonchev–Trinajstić information content (AvgIpc) is 3.09. The molecule has 1 atom stereocenters. The minimum atomic E-state index is -0.377. The molecule has 1 aliphatic carbocycles. The molecule has 5 heteroatoms. The number of allylic oxidation sites excluding steroid dienone is 3. The Kier molecular flexibility index (Phi) is 4.42. The number of carbonyl (C=O) groups excluding carboxylic acids is 2. The molecular weight excluding hydrogens is 362 g/mol. The minimum absolute atomic E-state index is 0.0725. The molecule has 1 aromatic carbocycles. The van der Waals surface area contributed by atoms with Crippen molar-refractivity contribution >= 4 is 23.4 Å². The molecule has 1 saturated heterocycles. The van der Waals surface area contributed by atoms with Crippen LogP contribution in [0.4, 0.5) is 0 Å². The molecule has 0 saturated carbocycles. The Morgan fingerprint density at radius 2 is 1.89 bits per heavy atom. The van der Waals surface area contributed by atoms with Gasteiger partial charge in [0.25, 0.3) is 0 Å². The first-order valence-electron chi connectivity index (χ1n) is 9.43. The Balaban J connectivity index is 1.96. The molecular formula is C22H24ClNO3. The number of hydrogen-bond donors (Lipinski definition) is 0. The highest BCUT2D eigenvalue weighted by molar-refractivity contribution is 6.30. The number of fused-ring (bicyclic) bond motifs is 2. The number of ether oxygens (including phenoxy) is 1. The van der Waals surface area contributed by atoms with Gasteiger partial charge in [0.05, 0.1) is 12.7 Å². The molecule has 0 spiro atoms. The van der Waals surface area contributed by atoms with E-state index in [9.17, 15) is 9.59 Å². The third-order valence-corrected chi connectivity index (χ3v) is 6.09. The number of benzene rings is 1. The van der Waals surface area contributed by atoms with E-state index in [4.69, 9.17) is 16.3 Å². The van der Waals surface area contributed by atoms with Gasteiger partial charge < -0.3 is 9.64 Å². The molecule has 0 bridgehead atoms. The second-order valence-corrected chi connectivity index (χ2v) is 8.83. The predicted molar refractivity (Wildman–Crippen MR) is 104 cm³/mol. The summed E-state index contributed by atoms with van der Waals surface area (Å²) >= 11 is 6.08. The van der Waals surface area contributed by atoms with Crippen molar-refractivity contribution in [3.8, 4) is 0 Å². The molecule has 2 aliphatic heterocycles. The normalized spacial score (nSPS) is 24.1. The summed E-state index contributed by atoms with van der Waals surface area (Å²) in [5.41, 5.74) is 4.34. The van der Waals surface area contributed by atoms with Gasteiger partial charge in [-0.3, -0.25) is 4.79 Å². The lowest BCUT2D eigenvalue weighted by Crippen LogP contribution is -2.39. The van der Waals surface area contributed by atoms with E-state index in [2.05, 4.69) is 18.7 Å². The molecule has 4 nitrogen and oxygen atoms in total. The number of carbonyl (C=O) groups is 2. The lowest BCUT2D eigenvalue weighted by molar-refractivity contribution is -0.136. The van der Waals surface area contributed by atoms with Crippen LogP contribution in [0.1, 0.15) is 51.0 Å². The molecule has 0 aromatic heterocycles. The van der Waals surface area contributed by atoms with Crippen molar-refractivity contribution in [2.45, 2.75) is 45.4 Å². The van der Waals surface area contributed by atoms with Gasteiger partial charge in [-0.2, -0.15) is 0 Å². The van der Waals surface area contributed by atoms with E-state index in [0.29, 0.717) is 17.0 Å². The smallest absolute Gasteiger partial charge is 0.336 e. The number of methoxy groups -OCH3 is 1. The summed E-state index contributed by atoms with van der Waals surface area (Å²) < 4.78 is 5.15. The average molecular weight is 386 g/mol. The van der Waals surface area contributed by atoms with Crippen LogP contribution in [-0.2, 0) is 14.3 Å². The third kappa shape index (κ3) is 3.00. The van der Waals surface area contributed by atoms with Crippen LogP contribution in [-0.4, -0.2) is 30.3 Å². The van der Waals surface area contributed by atoms with Gasteiger partial charge >= 0.3 is 5.97 Å². The molecule has 2 heterocycles. The zero-order chi connectivity index (χ0) is 19.3. The fourth-order valence-electron chi connectivity index (χ4n) is 4.77. The van der Waals surface area contributed by atoms with Gasteiger partial charge in [0.2, 0.25) is 0 Å². The molecule has 3 aliphatic rings. The largest absolute Gasteiger partial charge is 0.466 e. The molecule has 0 N–H and O–H groups in total. The van der Waals surface area contributed by atoms with Gasteiger partial charge in [-0.25, -0.2) is 4.79 Å². The van der Waals surface area contributed by atoms with E-state index in [1.807, 2.05) is 24.3 Å². The van der Waals surface area contributed by atoms with E-state index < -0.39 is 0 Å². The van der Waals surface area contributed by atoms with Crippen molar-refractivity contribution in [2.24, 2.45) is 5.41 Å². The standard InChI is InChI=1S/C22H24ClNO3/c1-22(2)11-16-19(17(25)12-22)18(13-6-8-14(23)9-7-13)20(21(26)27-3)15-5-4-10-24(15)16/h6-9,18H,4-5,10-12H2,1-3H3. The third-order valence-electron chi connectivity index (χ3n) is 5.84. The maximum Gasteiger partial charge on any atom is 0.336 e. The zero-order valence-corrected chi connectivity index (χ0v) is 16.7. The van der Waals surface area contributed by atoms with Crippen molar-refractivity contribution in [1.29, 1.82) is 0 Å². The van der Waals surface area contributed by atoms with Crippen LogP contribution in [0.5, 0.6) is 0 Å². The van der Waals surface area contributed by atoms with Gasteiger partial charge in [-0.1, -0.05) is 37.6 Å². The van der Waals surface area contributed by atoms with Gasteiger partial charge in [0.15, 0.2) is 5.78 Å².